The molecular weight excluding hydrogens is 241 g/mol. The molecule has 0 spiro atoms. The van der Waals surface area contributed by atoms with Gasteiger partial charge >= 0.3 is 0 Å². The van der Waals surface area contributed by atoms with Crippen LogP contribution in [-0.4, -0.2) is 11.7 Å². The molecule has 100 valence electrons. The highest BCUT2D eigenvalue weighted by Gasteiger charge is 2.22. The van der Waals surface area contributed by atoms with Crippen LogP contribution in [0.25, 0.3) is 0 Å². The Labute approximate surface area is 112 Å². The van der Waals surface area contributed by atoms with Crippen molar-refractivity contribution in [1.29, 1.82) is 0 Å². The zero-order valence-electron chi connectivity index (χ0n) is 10.9. The molecule has 0 saturated carbocycles. The van der Waals surface area contributed by atoms with Crippen LogP contribution in [0.2, 0.25) is 0 Å². The Morgan fingerprint density at radius 3 is 2.53 bits per heavy atom. The second-order valence-corrected chi connectivity index (χ2v) is 4.70. The van der Waals surface area contributed by atoms with E-state index in [1.165, 1.54) is 12.1 Å². The fourth-order valence-corrected chi connectivity index (χ4v) is 2.35. The second kappa shape index (κ2) is 5.95. The van der Waals surface area contributed by atoms with Crippen LogP contribution in [-0.2, 0) is 0 Å². The summed E-state index contributed by atoms with van der Waals surface area (Å²) in [6, 6.07) is 13.8. The summed E-state index contributed by atoms with van der Waals surface area (Å²) in [7, 11) is 0. The Morgan fingerprint density at radius 1 is 1.16 bits per heavy atom. The Morgan fingerprint density at radius 2 is 1.89 bits per heavy atom. The normalized spacial score (nSPS) is 14.1. The Bertz CT molecular complexity index is 556. The summed E-state index contributed by atoms with van der Waals surface area (Å²) < 4.78 is 13.2. The molecule has 0 bridgehead atoms. The average molecular weight is 259 g/mol. The fourth-order valence-electron chi connectivity index (χ4n) is 2.35. The van der Waals surface area contributed by atoms with Gasteiger partial charge in [-0.05, 0) is 35.7 Å². The van der Waals surface area contributed by atoms with Crippen molar-refractivity contribution in [2.45, 2.75) is 18.9 Å². The molecule has 19 heavy (non-hydrogen) atoms. The zero-order valence-corrected chi connectivity index (χ0v) is 10.9. The molecule has 0 heterocycles. The van der Waals surface area contributed by atoms with Crippen LogP contribution in [0.15, 0.2) is 48.5 Å². The number of halogens is 1. The van der Waals surface area contributed by atoms with Crippen LogP contribution in [0.5, 0.6) is 0 Å². The van der Waals surface area contributed by atoms with E-state index < -0.39 is 6.10 Å². The van der Waals surface area contributed by atoms with Crippen LogP contribution in [0.1, 0.15) is 28.7 Å². The highest BCUT2D eigenvalue weighted by Crippen LogP contribution is 2.32. The zero-order chi connectivity index (χ0) is 13.8. The van der Waals surface area contributed by atoms with Crippen molar-refractivity contribution < 1.29 is 9.50 Å². The van der Waals surface area contributed by atoms with Gasteiger partial charge in [0.2, 0.25) is 0 Å². The van der Waals surface area contributed by atoms with Crippen LogP contribution in [0.3, 0.4) is 0 Å². The number of hydrogen-bond donors (Lipinski definition) is 2. The molecule has 0 fully saturated rings. The highest BCUT2D eigenvalue weighted by molar-refractivity contribution is 5.33. The number of benzene rings is 2. The Hall–Kier alpha value is -1.71. The van der Waals surface area contributed by atoms with Crippen molar-refractivity contribution in [1.82, 2.24) is 0 Å². The molecule has 2 aromatic carbocycles. The van der Waals surface area contributed by atoms with Gasteiger partial charge < -0.3 is 10.8 Å². The quantitative estimate of drug-likeness (QED) is 0.886. The van der Waals surface area contributed by atoms with Crippen molar-refractivity contribution >= 4 is 0 Å². The molecule has 0 aliphatic carbocycles. The van der Waals surface area contributed by atoms with Gasteiger partial charge in [0.1, 0.15) is 5.82 Å². The lowest BCUT2D eigenvalue weighted by molar-refractivity contribution is 0.147. The number of hydrogen-bond acceptors (Lipinski definition) is 2. The third-order valence-corrected chi connectivity index (χ3v) is 3.41. The summed E-state index contributed by atoms with van der Waals surface area (Å²) in [5, 5.41) is 10.4. The van der Waals surface area contributed by atoms with Crippen molar-refractivity contribution in [3.8, 4) is 0 Å². The lowest BCUT2D eigenvalue weighted by Crippen LogP contribution is -2.21. The standard InChI is InChI=1S/C16H18FNO/c1-11-5-2-3-8-14(11)15(10-18)16(19)12-6-4-7-13(17)9-12/h2-9,15-16,19H,10,18H2,1H3. The highest BCUT2D eigenvalue weighted by atomic mass is 19.1. The molecule has 0 aliphatic rings. The molecule has 2 aromatic rings. The molecule has 2 atom stereocenters. The summed E-state index contributed by atoms with van der Waals surface area (Å²) in [6.07, 6.45) is -0.804. The second-order valence-electron chi connectivity index (χ2n) is 4.70. The Balaban J connectivity index is 2.35. The molecule has 2 rings (SSSR count). The number of nitrogens with two attached hydrogens (primary N) is 1. The SMILES string of the molecule is Cc1ccccc1C(CN)C(O)c1cccc(F)c1. The van der Waals surface area contributed by atoms with E-state index in [4.69, 9.17) is 5.73 Å². The van der Waals surface area contributed by atoms with Crippen LogP contribution in [0, 0.1) is 12.7 Å². The van der Waals surface area contributed by atoms with Crippen LogP contribution in [0.4, 0.5) is 4.39 Å². The van der Waals surface area contributed by atoms with Gasteiger partial charge in [0.05, 0.1) is 6.10 Å². The van der Waals surface area contributed by atoms with Gasteiger partial charge in [0.25, 0.3) is 0 Å². The van der Waals surface area contributed by atoms with E-state index in [2.05, 4.69) is 0 Å². The van der Waals surface area contributed by atoms with Gasteiger partial charge in [0.15, 0.2) is 0 Å². The van der Waals surface area contributed by atoms with Crippen molar-refractivity contribution in [3.05, 3.63) is 71.0 Å². The summed E-state index contributed by atoms with van der Waals surface area (Å²) in [6.45, 7) is 2.29. The van der Waals surface area contributed by atoms with E-state index in [1.54, 1.807) is 12.1 Å². The minimum atomic E-state index is -0.804. The third kappa shape index (κ3) is 3.00. The minimum absolute atomic E-state index is 0.233. The van der Waals surface area contributed by atoms with Gasteiger partial charge in [-0.2, -0.15) is 0 Å². The maximum Gasteiger partial charge on any atom is 0.123 e. The first kappa shape index (κ1) is 13.7. The van der Waals surface area contributed by atoms with Crippen molar-refractivity contribution in [2.24, 2.45) is 5.73 Å². The molecule has 0 aliphatic heterocycles. The maximum atomic E-state index is 13.2. The van der Waals surface area contributed by atoms with Crippen molar-refractivity contribution in [2.75, 3.05) is 6.54 Å². The van der Waals surface area contributed by atoms with Gasteiger partial charge in [0, 0.05) is 12.5 Å². The van der Waals surface area contributed by atoms with Crippen LogP contribution >= 0.6 is 0 Å². The van der Waals surface area contributed by atoms with E-state index in [-0.39, 0.29) is 11.7 Å². The van der Waals surface area contributed by atoms with Gasteiger partial charge in [-0.15, -0.1) is 0 Å². The smallest absolute Gasteiger partial charge is 0.123 e. The Kier molecular flexibility index (Phi) is 4.30. The van der Waals surface area contributed by atoms with Gasteiger partial charge in [-0.1, -0.05) is 36.4 Å². The molecule has 2 nitrogen and oxygen atoms in total. The molecule has 3 N–H and O–H groups in total. The predicted molar refractivity (Wildman–Crippen MR) is 74.3 cm³/mol. The van der Waals surface area contributed by atoms with Crippen molar-refractivity contribution in [3.63, 3.8) is 0 Å². The van der Waals surface area contributed by atoms with Gasteiger partial charge in [-0.3, -0.25) is 0 Å². The lowest BCUT2D eigenvalue weighted by Gasteiger charge is -2.24. The topological polar surface area (TPSA) is 46.2 Å². The molecule has 0 aromatic heterocycles. The monoisotopic (exact) mass is 259 g/mol. The van der Waals surface area contributed by atoms with Crippen LogP contribution < -0.4 is 5.73 Å². The van der Waals surface area contributed by atoms with E-state index >= 15 is 0 Å². The number of aryl methyl sites for hydroxylation is 1. The fraction of sp³-hybridized carbons (Fsp3) is 0.250. The summed E-state index contributed by atoms with van der Waals surface area (Å²) >= 11 is 0. The molecule has 0 saturated heterocycles. The number of aliphatic hydroxyl groups excluding tert-OH is 1. The molecular formula is C16H18FNO. The van der Waals surface area contributed by atoms with E-state index in [9.17, 15) is 9.50 Å². The number of rotatable bonds is 4. The van der Waals surface area contributed by atoms with E-state index in [0.717, 1.165) is 11.1 Å². The first-order valence-electron chi connectivity index (χ1n) is 6.32. The molecule has 2 unspecified atom stereocenters. The molecule has 0 amide bonds. The van der Waals surface area contributed by atoms with E-state index in [0.29, 0.717) is 12.1 Å². The first-order valence-corrected chi connectivity index (χ1v) is 6.32. The third-order valence-electron chi connectivity index (χ3n) is 3.41. The lowest BCUT2D eigenvalue weighted by atomic mass is 9.87. The largest absolute Gasteiger partial charge is 0.388 e. The van der Waals surface area contributed by atoms with Gasteiger partial charge in [-0.25, -0.2) is 4.39 Å². The molecule has 3 heteroatoms. The first-order chi connectivity index (χ1) is 9.13. The average Bonchev–Trinajstić information content (AvgIpc) is 2.41. The van der Waals surface area contributed by atoms with E-state index in [1.807, 2.05) is 31.2 Å². The maximum absolute atomic E-state index is 13.2. The molecule has 0 radical (unpaired) electrons. The predicted octanol–water partition coefficient (Wildman–Crippen LogP) is 2.91. The summed E-state index contributed by atoms with van der Waals surface area (Å²) in [5.74, 6) is -0.583. The minimum Gasteiger partial charge on any atom is -0.388 e. The summed E-state index contributed by atoms with van der Waals surface area (Å²) in [5.41, 5.74) is 8.43. The number of aliphatic hydroxyl groups is 1. The summed E-state index contributed by atoms with van der Waals surface area (Å²) in [4.78, 5) is 0.